The van der Waals surface area contributed by atoms with E-state index in [-0.39, 0.29) is 5.69 Å². The highest BCUT2D eigenvalue weighted by atomic mass is 35.5. The molecule has 1 atom stereocenters. The number of rotatable bonds is 5. The van der Waals surface area contributed by atoms with Crippen LogP contribution in [0.25, 0.3) is 0 Å². The zero-order chi connectivity index (χ0) is 18.8. The van der Waals surface area contributed by atoms with Gasteiger partial charge in [0.2, 0.25) is 15.9 Å². The minimum absolute atomic E-state index is 0.287. The fraction of sp³-hybridized carbons (Fsp3) is 0.188. The van der Waals surface area contributed by atoms with Crippen molar-refractivity contribution in [1.29, 1.82) is 0 Å². The average Bonchev–Trinajstić information content (AvgIpc) is 2.49. The Balaban J connectivity index is 2.35. The summed E-state index contributed by atoms with van der Waals surface area (Å²) < 4.78 is 25.4. The summed E-state index contributed by atoms with van der Waals surface area (Å²) in [5.74, 6) is -0.561. The molecule has 2 aromatic carbocycles. The van der Waals surface area contributed by atoms with Gasteiger partial charge in [-0.05, 0) is 43.3 Å². The van der Waals surface area contributed by atoms with E-state index in [1.54, 1.807) is 24.3 Å². The molecule has 9 heteroatoms. The predicted octanol–water partition coefficient (Wildman–Crippen LogP) is 4.44. The van der Waals surface area contributed by atoms with Crippen molar-refractivity contribution in [2.24, 2.45) is 0 Å². The monoisotopic (exact) mass is 420 g/mol. The number of nitrogens with one attached hydrogen (secondary N) is 1. The normalized spacial score (nSPS) is 12.5. The highest BCUT2D eigenvalue weighted by Gasteiger charge is 2.29. The van der Waals surface area contributed by atoms with Crippen LogP contribution in [-0.2, 0) is 14.8 Å². The topological polar surface area (TPSA) is 66.5 Å². The lowest BCUT2D eigenvalue weighted by Crippen LogP contribution is -2.45. The van der Waals surface area contributed by atoms with Gasteiger partial charge in [0.05, 0.1) is 22.7 Å². The number of nitrogens with zero attached hydrogens (tertiary/aromatic N) is 1. The van der Waals surface area contributed by atoms with Crippen LogP contribution in [0.2, 0.25) is 15.1 Å². The SMILES string of the molecule is C[C@H](C(=O)Nc1cc(Cl)ccc1Cl)N(c1cccc(Cl)c1)S(C)(=O)=O. The van der Waals surface area contributed by atoms with Crippen molar-refractivity contribution in [3.8, 4) is 0 Å². The molecule has 5 nitrogen and oxygen atoms in total. The van der Waals surface area contributed by atoms with E-state index in [1.165, 1.54) is 25.1 Å². The number of hydrogen-bond acceptors (Lipinski definition) is 3. The fourth-order valence-electron chi connectivity index (χ4n) is 2.25. The first-order valence-corrected chi connectivity index (χ1v) is 10.1. The van der Waals surface area contributed by atoms with E-state index >= 15 is 0 Å². The zero-order valence-corrected chi connectivity index (χ0v) is 16.4. The molecule has 0 saturated heterocycles. The van der Waals surface area contributed by atoms with Gasteiger partial charge in [0.25, 0.3) is 0 Å². The second-order valence-corrected chi connectivity index (χ2v) is 8.47. The molecule has 0 aliphatic carbocycles. The molecule has 0 aliphatic heterocycles. The first-order valence-electron chi connectivity index (χ1n) is 7.10. The summed E-state index contributed by atoms with van der Waals surface area (Å²) >= 11 is 17.9. The Kier molecular flexibility index (Phi) is 6.21. The van der Waals surface area contributed by atoms with Crippen molar-refractivity contribution < 1.29 is 13.2 Å². The lowest BCUT2D eigenvalue weighted by atomic mass is 10.2. The van der Waals surface area contributed by atoms with Crippen LogP contribution in [0.3, 0.4) is 0 Å². The van der Waals surface area contributed by atoms with Crippen LogP contribution in [-0.4, -0.2) is 26.6 Å². The smallest absolute Gasteiger partial charge is 0.248 e. The van der Waals surface area contributed by atoms with Gasteiger partial charge in [-0.3, -0.25) is 9.10 Å². The lowest BCUT2D eigenvalue weighted by Gasteiger charge is -2.28. The summed E-state index contributed by atoms with van der Waals surface area (Å²) in [6, 6.07) is 9.81. The molecule has 0 saturated carbocycles. The van der Waals surface area contributed by atoms with Gasteiger partial charge in [0, 0.05) is 10.0 Å². The van der Waals surface area contributed by atoms with E-state index in [0.717, 1.165) is 10.6 Å². The molecule has 0 fully saturated rings. The number of carbonyl (C=O) groups excluding carboxylic acids is 1. The van der Waals surface area contributed by atoms with Crippen molar-refractivity contribution in [3.63, 3.8) is 0 Å². The third-order valence-corrected chi connectivity index (χ3v) is 5.38. The van der Waals surface area contributed by atoms with E-state index < -0.39 is 22.0 Å². The Morgan fingerprint density at radius 3 is 2.32 bits per heavy atom. The number of sulfonamides is 1. The van der Waals surface area contributed by atoms with Crippen molar-refractivity contribution in [3.05, 3.63) is 57.5 Å². The maximum Gasteiger partial charge on any atom is 0.248 e. The third-order valence-electron chi connectivity index (χ3n) is 3.34. The fourth-order valence-corrected chi connectivity index (χ4v) is 3.94. The number of halogens is 3. The van der Waals surface area contributed by atoms with Gasteiger partial charge in [-0.25, -0.2) is 8.42 Å². The van der Waals surface area contributed by atoms with E-state index in [1.807, 2.05) is 0 Å². The second-order valence-electron chi connectivity index (χ2n) is 5.33. The molecular formula is C16H15Cl3N2O3S. The minimum atomic E-state index is -3.73. The van der Waals surface area contributed by atoms with Gasteiger partial charge in [-0.2, -0.15) is 0 Å². The molecular weight excluding hydrogens is 407 g/mol. The first kappa shape index (κ1) is 19.8. The van der Waals surface area contributed by atoms with Crippen LogP contribution in [0, 0.1) is 0 Å². The van der Waals surface area contributed by atoms with Crippen LogP contribution < -0.4 is 9.62 Å². The Morgan fingerprint density at radius 2 is 1.72 bits per heavy atom. The van der Waals surface area contributed by atoms with E-state index in [2.05, 4.69) is 5.32 Å². The van der Waals surface area contributed by atoms with Gasteiger partial charge < -0.3 is 5.32 Å². The molecule has 0 unspecified atom stereocenters. The highest BCUT2D eigenvalue weighted by Crippen LogP contribution is 2.27. The van der Waals surface area contributed by atoms with Gasteiger partial charge in [0.1, 0.15) is 6.04 Å². The summed E-state index contributed by atoms with van der Waals surface area (Å²) in [6.45, 7) is 1.47. The van der Waals surface area contributed by atoms with E-state index in [9.17, 15) is 13.2 Å². The van der Waals surface area contributed by atoms with Crippen LogP contribution >= 0.6 is 34.8 Å². The maximum absolute atomic E-state index is 12.6. The van der Waals surface area contributed by atoms with E-state index in [4.69, 9.17) is 34.8 Å². The van der Waals surface area contributed by atoms with Crippen LogP contribution in [0.1, 0.15) is 6.92 Å². The molecule has 0 spiro atoms. The molecule has 2 aromatic rings. The number of benzene rings is 2. The number of hydrogen-bond donors (Lipinski definition) is 1. The summed E-state index contributed by atoms with van der Waals surface area (Å²) in [5, 5.41) is 3.63. The summed E-state index contributed by atoms with van der Waals surface area (Å²) in [6.07, 6.45) is 1.02. The Labute approximate surface area is 161 Å². The molecule has 0 aliphatic rings. The predicted molar refractivity (Wildman–Crippen MR) is 103 cm³/mol. The second kappa shape index (κ2) is 7.83. The molecule has 0 bridgehead atoms. The Hall–Kier alpha value is -1.47. The minimum Gasteiger partial charge on any atom is -0.323 e. The van der Waals surface area contributed by atoms with Crippen LogP contribution in [0.15, 0.2) is 42.5 Å². The molecule has 1 amide bonds. The number of amides is 1. The van der Waals surface area contributed by atoms with Gasteiger partial charge >= 0.3 is 0 Å². The quantitative estimate of drug-likeness (QED) is 0.776. The van der Waals surface area contributed by atoms with Gasteiger partial charge in [0.15, 0.2) is 0 Å². The summed E-state index contributed by atoms with van der Waals surface area (Å²) in [4.78, 5) is 12.6. The number of carbonyl (C=O) groups is 1. The molecule has 1 N–H and O–H groups in total. The Bertz CT molecular complexity index is 903. The largest absolute Gasteiger partial charge is 0.323 e. The standard InChI is InChI=1S/C16H15Cl3N2O3S/c1-10(16(22)20-15-9-12(18)6-7-14(15)19)21(25(2,23)24)13-5-3-4-11(17)8-13/h3-10H,1-2H3,(H,20,22)/t10-/m1/s1. The van der Waals surface area contributed by atoms with Crippen LogP contribution in [0.4, 0.5) is 11.4 Å². The molecule has 0 aromatic heterocycles. The number of anilines is 2. The first-order chi connectivity index (χ1) is 11.6. The van der Waals surface area contributed by atoms with Crippen molar-refractivity contribution in [1.82, 2.24) is 0 Å². The third kappa shape index (κ3) is 5.01. The van der Waals surface area contributed by atoms with Crippen molar-refractivity contribution in [2.45, 2.75) is 13.0 Å². The van der Waals surface area contributed by atoms with Crippen LogP contribution in [0.5, 0.6) is 0 Å². The average molecular weight is 422 g/mol. The van der Waals surface area contributed by atoms with Crippen molar-refractivity contribution in [2.75, 3.05) is 15.9 Å². The Morgan fingerprint density at radius 1 is 1.08 bits per heavy atom. The molecule has 0 radical (unpaired) electrons. The van der Waals surface area contributed by atoms with Gasteiger partial charge in [-0.1, -0.05) is 40.9 Å². The highest BCUT2D eigenvalue weighted by molar-refractivity contribution is 7.92. The maximum atomic E-state index is 12.6. The molecule has 0 heterocycles. The lowest BCUT2D eigenvalue weighted by molar-refractivity contribution is -0.116. The molecule has 25 heavy (non-hydrogen) atoms. The zero-order valence-electron chi connectivity index (χ0n) is 13.3. The van der Waals surface area contributed by atoms with E-state index in [0.29, 0.717) is 20.8 Å². The molecule has 134 valence electrons. The summed E-state index contributed by atoms with van der Waals surface area (Å²) in [5.41, 5.74) is 0.584. The molecule has 2 rings (SSSR count). The van der Waals surface area contributed by atoms with Gasteiger partial charge in [-0.15, -0.1) is 0 Å². The summed E-state index contributed by atoms with van der Waals surface area (Å²) in [7, 11) is -3.73. The van der Waals surface area contributed by atoms with Crippen molar-refractivity contribution >= 4 is 62.1 Å².